The lowest BCUT2D eigenvalue weighted by Gasteiger charge is -2.25. The van der Waals surface area contributed by atoms with Gasteiger partial charge in [-0.25, -0.2) is 9.50 Å². The monoisotopic (exact) mass is 612 g/mol. The third-order valence-corrected chi connectivity index (χ3v) is 8.92. The Morgan fingerprint density at radius 3 is 2.52 bits per heavy atom. The van der Waals surface area contributed by atoms with Gasteiger partial charge in [-0.05, 0) is 42.7 Å². The number of nitriles is 1. The van der Waals surface area contributed by atoms with E-state index >= 15 is 0 Å². The normalized spacial score (nSPS) is 25.5. The van der Waals surface area contributed by atoms with Crippen molar-refractivity contribution in [1.82, 2.24) is 14.6 Å². The van der Waals surface area contributed by atoms with E-state index in [1.165, 1.54) is 16.9 Å². The summed E-state index contributed by atoms with van der Waals surface area (Å²) in [6.07, 6.45) is 2.43. The van der Waals surface area contributed by atoms with E-state index in [1.807, 2.05) is 26.8 Å². The first-order chi connectivity index (χ1) is 20.9. The van der Waals surface area contributed by atoms with Crippen molar-refractivity contribution in [3.8, 4) is 6.07 Å². The molecule has 13 heteroatoms. The van der Waals surface area contributed by atoms with Gasteiger partial charge in [-0.2, -0.15) is 10.4 Å². The maximum Gasteiger partial charge on any atom is 0.323 e. The van der Waals surface area contributed by atoms with Crippen molar-refractivity contribution in [3.63, 3.8) is 0 Å². The Bertz CT molecular complexity index is 1380. The van der Waals surface area contributed by atoms with E-state index in [4.69, 9.17) is 19.9 Å². The lowest BCUT2D eigenvalue weighted by atomic mass is 9.87. The number of aliphatic hydroxyl groups is 1. The van der Waals surface area contributed by atoms with Gasteiger partial charge in [-0.1, -0.05) is 53.9 Å². The average molecular weight is 613 g/mol. The molecule has 1 aliphatic heterocycles. The van der Waals surface area contributed by atoms with Crippen LogP contribution in [0.2, 0.25) is 0 Å². The highest BCUT2D eigenvalue weighted by molar-refractivity contribution is 5.95. The van der Waals surface area contributed by atoms with Crippen LogP contribution in [-0.2, 0) is 34.2 Å². The van der Waals surface area contributed by atoms with E-state index in [0.29, 0.717) is 5.52 Å². The highest BCUT2D eigenvalue weighted by Crippen LogP contribution is 2.42. The average Bonchev–Trinajstić information content (AvgIpc) is 3.55. The molecule has 4 rings (SSSR count). The minimum atomic E-state index is -2.08. The van der Waals surface area contributed by atoms with E-state index in [0.717, 1.165) is 32.1 Å². The van der Waals surface area contributed by atoms with Crippen molar-refractivity contribution in [1.29, 1.82) is 5.26 Å². The van der Waals surface area contributed by atoms with Crippen LogP contribution in [-0.4, -0.2) is 68.5 Å². The summed E-state index contributed by atoms with van der Waals surface area (Å²) in [4.78, 5) is 42.6. The predicted octanol–water partition coefficient (Wildman–Crippen LogP) is 2.85. The zero-order valence-corrected chi connectivity index (χ0v) is 26.1. The van der Waals surface area contributed by atoms with E-state index in [2.05, 4.69) is 15.4 Å². The molecule has 1 saturated carbocycles. The minimum absolute atomic E-state index is 0.0938. The number of nitrogens with one attached hydrogen (secondary N) is 1. The smallest absolute Gasteiger partial charge is 0.323 e. The lowest BCUT2D eigenvalue weighted by Crippen LogP contribution is -2.46. The molecule has 2 aliphatic rings. The number of anilines is 1. The lowest BCUT2D eigenvalue weighted by molar-refractivity contribution is -0.162. The van der Waals surface area contributed by atoms with Gasteiger partial charge in [0.25, 0.3) is 0 Å². The molecule has 0 aromatic carbocycles. The van der Waals surface area contributed by atoms with Gasteiger partial charge >= 0.3 is 11.9 Å². The summed E-state index contributed by atoms with van der Waals surface area (Å²) in [5, 5.41) is 29.2. The number of amides is 1. The van der Waals surface area contributed by atoms with Gasteiger partial charge in [-0.3, -0.25) is 14.4 Å². The molecule has 44 heavy (non-hydrogen) atoms. The molecule has 4 N–H and O–H groups in total. The summed E-state index contributed by atoms with van der Waals surface area (Å²) < 4.78 is 18.7. The molecule has 1 amide bonds. The van der Waals surface area contributed by atoms with E-state index < -0.39 is 41.9 Å². The van der Waals surface area contributed by atoms with E-state index in [9.17, 15) is 24.8 Å². The SMILES string of the molecule is CC(C)[C@H](C)C(=O)Nc1ncnn2c([C@]3(C#N)O[C@H](COC(=O)CC4CCCCC4)[C@@H](OC(=O)[C@@H](N)C(C)C)[C@H]3O)ccc12. The second kappa shape index (κ2) is 14.0. The Balaban J connectivity index is 1.63. The second-order valence-electron chi connectivity index (χ2n) is 12.7. The number of hydrogen-bond acceptors (Lipinski definition) is 11. The second-order valence-corrected chi connectivity index (χ2v) is 12.7. The first kappa shape index (κ1) is 33.3. The number of ether oxygens (including phenoxy) is 3. The molecule has 2 aromatic heterocycles. The molecule has 2 fully saturated rings. The van der Waals surface area contributed by atoms with Crippen LogP contribution in [0.3, 0.4) is 0 Å². The van der Waals surface area contributed by atoms with E-state index in [-0.39, 0.29) is 54.1 Å². The van der Waals surface area contributed by atoms with Crippen molar-refractivity contribution in [2.45, 2.75) is 103 Å². The molecule has 13 nitrogen and oxygen atoms in total. The van der Waals surface area contributed by atoms with Gasteiger partial charge in [-0.15, -0.1) is 0 Å². The highest BCUT2D eigenvalue weighted by atomic mass is 16.6. The van der Waals surface area contributed by atoms with Crippen LogP contribution in [0, 0.1) is 35.0 Å². The molecule has 0 bridgehead atoms. The van der Waals surface area contributed by atoms with Crippen molar-refractivity contribution in [2.24, 2.45) is 29.4 Å². The van der Waals surface area contributed by atoms with Crippen LogP contribution in [0.1, 0.15) is 78.8 Å². The van der Waals surface area contributed by atoms with E-state index in [1.54, 1.807) is 19.9 Å². The van der Waals surface area contributed by atoms with Gasteiger partial charge in [0.1, 0.15) is 42.8 Å². The predicted molar refractivity (Wildman–Crippen MR) is 159 cm³/mol. The van der Waals surface area contributed by atoms with Gasteiger partial charge in [0.15, 0.2) is 11.9 Å². The number of carbonyl (C=O) groups excluding carboxylic acids is 3. The fourth-order valence-corrected chi connectivity index (χ4v) is 5.63. The number of rotatable bonds is 11. The number of hydrogen-bond donors (Lipinski definition) is 3. The summed E-state index contributed by atoms with van der Waals surface area (Å²) in [6, 6.07) is 4.17. The number of fused-ring (bicyclic) bond motifs is 1. The number of aliphatic hydroxyl groups excluding tert-OH is 1. The summed E-state index contributed by atoms with van der Waals surface area (Å²) in [5.74, 6) is -1.45. The standard InChI is InChI=1S/C31H44N6O7/c1-17(2)19(5)29(40)36-28-21-11-12-23(37(21)35-16-34-28)31(15-32)27(39)26(43-30(41)25(33)18(3)4)22(44-31)14-42-24(38)13-20-9-7-6-8-10-20/h11-12,16-20,22,25-27,39H,6-10,13-14,33H2,1-5H3,(H,34,35,36,40)/t19-,22+,25-,26+,27+,31-/m0/s1. The Labute approximate surface area is 257 Å². The number of nitrogens with two attached hydrogens (primary N) is 1. The van der Waals surface area contributed by atoms with Crippen molar-refractivity contribution >= 4 is 29.2 Å². The third-order valence-electron chi connectivity index (χ3n) is 8.92. The third kappa shape index (κ3) is 6.87. The Kier molecular flexibility index (Phi) is 10.6. The summed E-state index contributed by atoms with van der Waals surface area (Å²) in [7, 11) is 0. The summed E-state index contributed by atoms with van der Waals surface area (Å²) in [5.41, 5.74) is 4.40. The molecule has 1 aliphatic carbocycles. The van der Waals surface area contributed by atoms with Gasteiger partial charge < -0.3 is 30.4 Å². The number of carbonyl (C=O) groups is 3. The quantitative estimate of drug-likeness (QED) is 0.316. The zero-order chi connectivity index (χ0) is 32.2. The van der Waals surface area contributed by atoms with Crippen LogP contribution in [0.5, 0.6) is 0 Å². The number of nitrogens with zero attached hydrogens (tertiary/aromatic N) is 4. The highest BCUT2D eigenvalue weighted by Gasteiger charge is 2.60. The fraction of sp³-hybridized carbons (Fsp3) is 0.677. The molecular weight excluding hydrogens is 568 g/mol. The first-order valence-electron chi connectivity index (χ1n) is 15.4. The minimum Gasteiger partial charge on any atom is -0.463 e. The van der Waals surface area contributed by atoms with Crippen LogP contribution in [0.25, 0.3) is 5.52 Å². The fourth-order valence-electron chi connectivity index (χ4n) is 5.63. The van der Waals surface area contributed by atoms with Crippen molar-refractivity contribution < 1.29 is 33.7 Å². The molecule has 6 atom stereocenters. The zero-order valence-electron chi connectivity index (χ0n) is 26.1. The molecule has 0 spiro atoms. The first-order valence-corrected chi connectivity index (χ1v) is 15.4. The topological polar surface area (TPSA) is 191 Å². The number of aromatic nitrogens is 3. The Hall–Kier alpha value is -3.60. The maximum absolute atomic E-state index is 12.9. The van der Waals surface area contributed by atoms with Gasteiger partial charge in [0, 0.05) is 12.3 Å². The molecule has 0 radical (unpaired) electrons. The Morgan fingerprint density at radius 1 is 1.18 bits per heavy atom. The van der Waals surface area contributed by atoms with Crippen LogP contribution in [0.15, 0.2) is 18.5 Å². The Morgan fingerprint density at radius 2 is 1.89 bits per heavy atom. The van der Waals surface area contributed by atoms with Crippen molar-refractivity contribution in [2.75, 3.05) is 11.9 Å². The van der Waals surface area contributed by atoms with Crippen LogP contribution < -0.4 is 11.1 Å². The van der Waals surface area contributed by atoms with Crippen LogP contribution >= 0.6 is 0 Å². The molecule has 1 saturated heterocycles. The molecule has 3 heterocycles. The maximum atomic E-state index is 12.9. The molecule has 240 valence electrons. The van der Waals surface area contributed by atoms with Crippen LogP contribution in [0.4, 0.5) is 5.82 Å². The van der Waals surface area contributed by atoms with Gasteiger partial charge in [0.2, 0.25) is 11.5 Å². The van der Waals surface area contributed by atoms with Crippen molar-refractivity contribution in [3.05, 3.63) is 24.2 Å². The van der Waals surface area contributed by atoms with Gasteiger partial charge in [0.05, 0.1) is 5.69 Å². The molecule has 2 aromatic rings. The summed E-state index contributed by atoms with van der Waals surface area (Å²) in [6.45, 7) is 8.83. The largest absolute Gasteiger partial charge is 0.463 e. The number of esters is 2. The molecular formula is C31H44N6O7. The molecule has 0 unspecified atom stereocenters. The summed E-state index contributed by atoms with van der Waals surface area (Å²) >= 11 is 0.